The van der Waals surface area contributed by atoms with E-state index in [2.05, 4.69) is 39.8 Å². The van der Waals surface area contributed by atoms with Gasteiger partial charge in [0.05, 0.1) is 6.10 Å². The lowest BCUT2D eigenvalue weighted by molar-refractivity contribution is 0.0721. The summed E-state index contributed by atoms with van der Waals surface area (Å²) in [6, 6.07) is 8.56. The number of nitrogens with zero attached hydrogens (tertiary/aromatic N) is 2. The molecule has 106 valence electrons. The molecule has 2 unspecified atom stereocenters. The summed E-state index contributed by atoms with van der Waals surface area (Å²) in [6.07, 6.45) is 2.07. The van der Waals surface area contributed by atoms with E-state index in [1.165, 1.54) is 12.8 Å². The summed E-state index contributed by atoms with van der Waals surface area (Å²) in [6.45, 7) is 2.87. The van der Waals surface area contributed by atoms with E-state index < -0.39 is 6.10 Å². The fourth-order valence-electron chi connectivity index (χ4n) is 2.68. The Kier molecular flexibility index (Phi) is 5.39. The van der Waals surface area contributed by atoms with Crippen molar-refractivity contribution in [3.63, 3.8) is 0 Å². The zero-order chi connectivity index (χ0) is 13.8. The Hall–Kier alpha value is -0.420. The molecular weight excluding hydrogens is 304 g/mol. The normalized spacial score (nSPS) is 22.7. The monoisotopic (exact) mass is 326 g/mol. The van der Waals surface area contributed by atoms with E-state index in [1.807, 2.05) is 24.3 Å². The first-order valence-electron chi connectivity index (χ1n) is 6.88. The average molecular weight is 327 g/mol. The minimum Gasteiger partial charge on any atom is -0.387 e. The molecular formula is C15H23BrN2O. The Morgan fingerprint density at radius 3 is 2.95 bits per heavy atom. The van der Waals surface area contributed by atoms with E-state index in [-0.39, 0.29) is 0 Å². The fraction of sp³-hybridized carbons (Fsp3) is 0.600. The molecule has 0 saturated carbocycles. The van der Waals surface area contributed by atoms with Gasteiger partial charge in [0.25, 0.3) is 0 Å². The standard InChI is InChI=1S/C15H23BrN2O/c1-17(2)14-7-4-8-18(10-14)11-15(19)12-5-3-6-13(16)9-12/h3,5-6,9,14-15,19H,4,7-8,10-11H2,1-2H3. The van der Waals surface area contributed by atoms with Crippen molar-refractivity contribution in [3.8, 4) is 0 Å². The maximum absolute atomic E-state index is 10.3. The largest absolute Gasteiger partial charge is 0.387 e. The van der Waals surface area contributed by atoms with Gasteiger partial charge in [-0.3, -0.25) is 4.90 Å². The van der Waals surface area contributed by atoms with Crippen LogP contribution in [0.2, 0.25) is 0 Å². The van der Waals surface area contributed by atoms with Gasteiger partial charge in [-0.05, 0) is 51.2 Å². The quantitative estimate of drug-likeness (QED) is 0.921. The van der Waals surface area contributed by atoms with Gasteiger partial charge in [0.15, 0.2) is 0 Å². The summed E-state index contributed by atoms with van der Waals surface area (Å²) in [5.74, 6) is 0. The van der Waals surface area contributed by atoms with E-state index in [4.69, 9.17) is 0 Å². The Bertz CT molecular complexity index is 411. The van der Waals surface area contributed by atoms with Crippen LogP contribution in [0.25, 0.3) is 0 Å². The van der Waals surface area contributed by atoms with Crippen LogP contribution >= 0.6 is 15.9 Å². The van der Waals surface area contributed by atoms with Crippen molar-refractivity contribution in [2.45, 2.75) is 25.0 Å². The van der Waals surface area contributed by atoms with Crippen molar-refractivity contribution >= 4 is 15.9 Å². The summed E-state index contributed by atoms with van der Waals surface area (Å²) in [4.78, 5) is 4.66. The lowest BCUT2D eigenvalue weighted by Crippen LogP contribution is -2.46. The number of likely N-dealkylation sites (N-methyl/N-ethyl adjacent to an activating group) is 1. The second-order valence-electron chi connectivity index (χ2n) is 5.59. The van der Waals surface area contributed by atoms with Crippen LogP contribution in [0.1, 0.15) is 24.5 Å². The Balaban J connectivity index is 1.93. The van der Waals surface area contributed by atoms with Crippen LogP contribution in [0.15, 0.2) is 28.7 Å². The van der Waals surface area contributed by atoms with E-state index in [0.717, 1.165) is 29.7 Å². The highest BCUT2D eigenvalue weighted by atomic mass is 79.9. The van der Waals surface area contributed by atoms with Crippen molar-refractivity contribution in [1.29, 1.82) is 0 Å². The summed E-state index contributed by atoms with van der Waals surface area (Å²) in [7, 11) is 4.28. The third kappa shape index (κ3) is 4.28. The molecule has 1 N–H and O–H groups in total. The summed E-state index contributed by atoms with van der Waals surface area (Å²) in [5.41, 5.74) is 0.987. The van der Waals surface area contributed by atoms with Gasteiger partial charge in [-0.1, -0.05) is 28.1 Å². The van der Waals surface area contributed by atoms with Crippen LogP contribution in [0.5, 0.6) is 0 Å². The van der Waals surface area contributed by atoms with Crippen molar-refractivity contribution in [2.24, 2.45) is 0 Å². The topological polar surface area (TPSA) is 26.7 Å². The molecule has 0 amide bonds. The molecule has 1 fully saturated rings. The minimum atomic E-state index is -0.404. The zero-order valence-corrected chi connectivity index (χ0v) is 13.3. The van der Waals surface area contributed by atoms with Gasteiger partial charge in [0.1, 0.15) is 0 Å². The predicted molar refractivity (Wildman–Crippen MR) is 82.3 cm³/mol. The van der Waals surface area contributed by atoms with Gasteiger partial charge in [0, 0.05) is 23.6 Å². The molecule has 0 bridgehead atoms. The van der Waals surface area contributed by atoms with Crippen molar-refractivity contribution < 1.29 is 5.11 Å². The molecule has 3 nitrogen and oxygen atoms in total. The van der Waals surface area contributed by atoms with Crippen LogP contribution in [-0.2, 0) is 0 Å². The van der Waals surface area contributed by atoms with Crippen LogP contribution in [0, 0.1) is 0 Å². The summed E-state index contributed by atoms with van der Waals surface area (Å²) in [5, 5.41) is 10.3. The fourth-order valence-corrected chi connectivity index (χ4v) is 3.10. The molecule has 2 rings (SSSR count). The number of aliphatic hydroxyl groups excluding tert-OH is 1. The van der Waals surface area contributed by atoms with Gasteiger partial charge in [-0.15, -0.1) is 0 Å². The van der Waals surface area contributed by atoms with E-state index >= 15 is 0 Å². The number of likely N-dealkylation sites (tertiary alicyclic amines) is 1. The van der Waals surface area contributed by atoms with Crippen molar-refractivity contribution in [3.05, 3.63) is 34.3 Å². The average Bonchev–Trinajstić information content (AvgIpc) is 2.39. The van der Waals surface area contributed by atoms with Crippen molar-refractivity contribution in [1.82, 2.24) is 9.80 Å². The lowest BCUT2D eigenvalue weighted by atomic mass is 10.0. The molecule has 1 aliphatic heterocycles. The van der Waals surface area contributed by atoms with E-state index in [9.17, 15) is 5.11 Å². The number of halogens is 1. The molecule has 0 aliphatic carbocycles. The zero-order valence-electron chi connectivity index (χ0n) is 11.7. The Morgan fingerprint density at radius 1 is 1.47 bits per heavy atom. The lowest BCUT2D eigenvalue weighted by Gasteiger charge is -2.37. The predicted octanol–water partition coefficient (Wildman–Crippen LogP) is 2.51. The molecule has 0 spiro atoms. The molecule has 1 heterocycles. The van der Waals surface area contributed by atoms with Crippen molar-refractivity contribution in [2.75, 3.05) is 33.7 Å². The molecule has 19 heavy (non-hydrogen) atoms. The van der Waals surface area contributed by atoms with Gasteiger partial charge in [-0.2, -0.15) is 0 Å². The number of aliphatic hydroxyl groups is 1. The van der Waals surface area contributed by atoms with E-state index in [1.54, 1.807) is 0 Å². The SMILES string of the molecule is CN(C)C1CCCN(CC(O)c2cccc(Br)c2)C1. The van der Waals surface area contributed by atoms with E-state index in [0.29, 0.717) is 6.04 Å². The van der Waals surface area contributed by atoms with Gasteiger partial charge in [0.2, 0.25) is 0 Å². The first-order valence-corrected chi connectivity index (χ1v) is 7.68. The van der Waals surface area contributed by atoms with Gasteiger partial charge < -0.3 is 10.0 Å². The minimum absolute atomic E-state index is 0.404. The molecule has 0 aromatic heterocycles. The number of rotatable bonds is 4. The third-order valence-corrected chi connectivity index (χ3v) is 4.37. The molecule has 1 aromatic rings. The van der Waals surface area contributed by atoms with Crippen LogP contribution in [0.4, 0.5) is 0 Å². The number of hydrogen-bond donors (Lipinski definition) is 1. The van der Waals surface area contributed by atoms with Crippen LogP contribution in [-0.4, -0.2) is 54.7 Å². The highest BCUT2D eigenvalue weighted by Gasteiger charge is 2.23. The molecule has 1 aliphatic rings. The van der Waals surface area contributed by atoms with Gasteiger partial charge >= 0.3 is 0 Å². The first kappa shape index (κ1) is 15.0. The molecule has 1 saturated heterocycles. The molecule has 2 atom stereocenters. The molecule has 1 aromatic carbocycles. The highest BCUT2D eigenvalue weighted by Crippen LogP contribution is 2.21. The number of piperidine rings is 1. The Morgan fingerprint density at radius 2 is 2.26 bits per heavy atom. The number of hydrogen-bond acceptors (Lipinski definition) is 3. The van der Waals surface area contributed by atoms with Crippen LogP contribution in [0.3, 0.4) is 0 Å². The number of β-amino-alcohol motifs (C(OH)–C–C–N with tert-alkyl or cyclic N) is 1. The summed E-state index contributed by atoms with van der Waals surface area (Å²) >= 11 is 3.45. The molecule has 4 heteroatoms. The maximum Gasteiger partial charge on any atom is 0.0917 e. The summed E-state index contributed by atoms with van der Waals surface area (Å²) < 4.78 is 1.02. The Labute approximate surface area is 124 Å². The van der Waals surface area contributed by atoms with Crippen LogP contribution < -0.4 is 0 Å². The highest BCUT2D eigenvalue weighted by molar-refractivity contribution is 9.10. The maximum atomic E-state index is 10.3. The second-order valence-corrected chi connectivity index (χ2v) is 6.51. The molecule has 0 radical (unpaired) electrons. The first-order chi connectivity index (χ1) is 9.06. The second kappa shape index (κ2) is 6.84. The number of benzene rings is 1. The third-order valence-electron chi connectivity index (χ3n) is 3.88. The van der Waals surface area contributed by atoms with Gasteiger partial charge in [-0.25, -0.2) is 0 Å². The smallest absolute Gasteiger partial charge is 0.0917 e.